The summed E-state index contributed by atoms with van der Waals surface area (Å²) in [6.45, 7) is 5.61. The molecule has 0 spiro atoms. The van der Waals surface area contributed by atoms with E-state index in [1.165, 1.54) is 4.90 Å². The predicted molar refractivity (Wildman–Crippen MR) is 119 cm³/mol. The van der Waals surface area contributed by atoms with Gasteiger partial charge in [-0.1, -0.05) is 19.4 Å². The number of likely N-dealkylation sites (tertiary alicyclic amines) is 1. The highest BCUT2D eigenvalue weighted by atomic mass is 127. The Morgan fingerprint density at radius 1 is 1.38 bits per heavy atom. The van der Waals surface area contributed by atoms with E-state index in [2.05, 4.69) is 27.5 Å². The summed E-state index contributed by atoms with van der Waals surface area (Å²) in [5.41, 5.74) is 0.876. The SMILES string of the molecule is CCCCOc1ncccc1CN=C(NCC)NC1CCN(CC(F)(F)F)C1.I. The van der Waals surface area contributed by atoms with Crippen molar-refractivity contribution in [2.75, 3.05) is 32.8 Å². The number of aliphatic imine (C=N–C) groups is 1. The van der Waals surface area contributed by atoms with Gasteiger partial charge in [-0.05, 0) is 25.8 Å². The van der Waals surface area contributed by atoms with Crippen molar-refractivity contribution in [2.24, 2.45) is 4.99 Å². The van der Waals surface area contributed by atoms with Gasteiger partial charge >= 0.3 is 6.18 Å². The van der Waals surface area contributed by atoms with E-state index in [1.807, 2.05) is 19.1 Å². The second kappa shape index (κ2) is 13.1. The number of pyridine rings is 1. The van der Waals surface area contributed by atoms with Crippen LogP contribution in [0.2, 0.25) is 0 Å². The van der Waals surface area contributed by atoms with Crippen molar-refractivity contribution in [1.29, 1.82) is 0 Å². The summed E-state index contributed by atoms with van der Waals surface area (Å²) in [4.78, 5) is 10.3. The smallest absolute Gasteiger partial charge is 0.401 e. The molecule has 10 heteroatoms. The summed E-state index contributed by atoms with van der Waals surface area (Å²) >= 11 is 0. The van der Waals surface area contributed by atoms with Crippen LogP contribution in [0.3, 0.4) is 0 Å². The molecule has 1 unspecified atom stereocenters. The first-order valence-corrected chi connectivity index (χ1v) is 9.82. The first-order valence-electron chi connectivity index (χ1n) is 9.82. The molecule has 0 saturated carbocycles. The number of hydrogen-bond acceptors (Lipinski definition) is 4. The second-order valence-corrected chi connectivity index (χ2v) is 6.85. The highest BCUT2D eigenvalue weighted by Crippen LogP contribution is 2.20. The fourth-order valence-corrected chi connectivity index (χ4v) is 3.01. The Morgan fingerprint density at radius 3 is 2.86 bits per heavy atom. The molecule has 1 saturated heterocycles. The molecule has 0 bridgehead atoms. The first kappa shape index (κ1) is 25.7. The lowest BCUT2D eigenvalue weighted by atomic mass is 10.2. The summed E-state index contributed by atoms with van der Waals surface area (Å²) in [7, 11) is 0. The molecule has 166 valence electrons. The third-order valence-electron chi connectivity index (χ3n) is 4.35. The van der Waals surface area contributed by atoms with E-state index < -0.39 is 12.7 Å². The van der Waals surface area contributed by atoms with Gasteiger partial charge in [-0.15, -0.1) is 24.0 Å². The van der Waals surface area contributed by atoms with Gasteiger partial charge in [0.05, 0.1) is 19.7 Å². The molecular weight excluding hydrogens is 498 g/mol. The van der Waals surface area contributed by atoms with E-state index in [0.717, 1.165) is 18.4 Å². The number of halogens is 4. The maximum Gasteiger partial charge on any atom is 0.401 e. The van der Waals surface area contributed by atoms with E-state index in [0.29, 0.717) is 51.0 Å². The van der Waals surface area contributed by atoms with Crippen molar-refractivity contribution < 1.29 is 17.9 Å². The molecule has 6 nitrogen and oxygen atoms in total. The molecule has 0 amide bonds. The van der Waals surface area contributed by atoms with Crippen molar-refractivity contribution in [3.63, 3.8) is 0 Å². The van der Waals surface area contributed by atoms with Crippen LogP contribution in [0.5, 0.6) is 5.88 Å². The largest absolute Gasteiger partial charge is 0.477 e. The average Bonchev–Trinajstić information content (AvgIpc) is 3.06. The minimum Gasteiger partial charge on any atom is -0.477 e. The summed E-state index contributed by atoms with van der Waals surface area (Å²) in [5, 5.41) is 6.39. The number of rotatable bonds is 9. The van der Waals surface area contributed by atoms with Gasteiger partial charge < -0.3 is 15.4 Å². The lowest BCUT2D eigenvalue weighted by molar-refractivity contribution is -0.143. The zero-order valence-corrected chi connectivity index (χ0v) is 19.3. The van der Waals surface area contributed by atoms with Crippen LogP contribution in [0.1, 0.15) is 38.7 Å². The van der Waals surface area contributed by atoms with Gasteiger partial charge in [0.1, 0.15) is 0 Å². The van der Waals surface area contributed by atoms with Gasteiger partial charge in [0, 0.05) is 37.4 Å². The highest BCUT2D eigenvalue weighted by molar-refractivity contribution is 14.0. The second-order valence-electron chi connectivity index (χ2n) is 6.85. The molecule has 29 heavy (non-hydrogen) atoms. The van der Waals surface area contributed by atoms with Crippen molar-refractivity contribution in [3.05, 3.63) is 23.9 Å². The number of aromatic nitrogens is 1. The molecule has 1 aromatic heterocycles. The van der Waals surface area contributed by atoms with Gasteiger partial charge in [0.15, 0.2) is 5.96 Å². The Bertz CT molecular complexity index is 630. The zero-order valence-electron chi connectivity index (χ0n) is 17.0. The Morgan fingerprint density at radius 2 is 2.17 bits per heavy atom. The third kappa shape index (κ3) is 9.83. The summed E-state index contributed by atoms with van der Waals surface area (Å²) in [6, 6.07) is 3.69. The molecule has 2 rings (SSSR count). The van der Waals surface area contributed by atoms with Gasteiger partial charge in [0.2, 0.25) is 5.88 Å². The molecule has 1 aliphatic rings. The number of nitrogens with zero attached hydrogens (tertiary/aromatic N) is 3. The average molecular weight is 529 g/mol. The number of guanidine groups is 1. The molecule has 1 fully saturated rings. The topological polar surface area (TPSA) is 61.8 Å². The minimum atomic E-state index is -4.16. The maximum atomic E-state index is 12.6. The monoisotopic (exact) mass is 529 g/mol. The van der Waals surface area contributed by atoms with Gasteiger partial charge in [0.25, 0.3) is 0 Å². The molecule has 1 aliphatic heterocycles. The Hall–Kier alpha value is -1.30. The number of unbranched alkanes of at least 4 members (excludes halogenated alkanes) is 1. The number of alkyl halides is 3. The van der Waals surface area contributed by atoms with E-state index in [-0.39, 0.29) is 30.0 Å². The van der Waals surface area contributed by atoms with Crippen LogP contribution in [0.4, 0.5) is 13.2 Å². The standard InChI is InChI=1S/C19H30F3N5O.HI/c1-3-5-11-28-17-15(7-6-9-24-17)12-25-18(23-4-2)26-16-8-10-27(13-16)14-19(20,21)22;/h6-7,9,16H,3-5,8,10-14H2,1-2H3,(H2,23,25,26);1H. The van der Waals surface area contributed by atoms with Crippen LogP contribution in [0.15, 0.2) is 23.3 Å². The van der Waals surface area contributed by atoms with Crippen LogP contribution in [0, 0.1) is 0 Å². The molecule has 0 radical (unpaired) electrons. The molecule has 0 aliphatic carbocycles. The van der Waals surface area contributed by atoms with Gasteiger partial charge in [-0.25, -0.2) is 9.98 Å². The van der Waals surface area contributed by atoms with Crippen molar-refractivity contribution in [2.45, 2.75) is 51.9 Å². The van der Waals surface area contributed by atoms with Gasteiger partial charge in [-0.2, -0.15) is 13.2 Å². The van der Waals surface area contributed by atoms with Gasteiger partial charge in [-0.3, -0.25) is 4.90 Å². The van der Waals surface area contributed by atoms with E-state index >= 15 is 0 Å². The lowest BCUT2D eigenvalue weighted by Crippen LogP contribution is -2.45. The number of nitrogens with one attached hydrogen (secondary N) is 2. The Kier molecular flexibility index (Phi) is 11.6. The number of hydrogen-bond donors (Lipinski definition) is 2. The quantitative estimate of drug-likeness (QED) is 0.222. The zero-order chi connectivity index (χ0) is 20.4. The fraction of sp³-hybridized carbons (Fsp3) is 0.684. The first-order chi connectivity index (χ1) is 13.4. The van der Waals surface area contributed by atoms with E-state index in [9.17, 15) is 13.2 Å². The molecule has 1 atom stereocenters. The van der Waals surface area contributed by atoms with Crippen LogP contribution in [-0.2, 0) is 6.54 Å². The minimum absolute atomic E-state index is 0. The van der Waals surface area contributed by atoms with Crippen LogP contribution in [0.25, 0.3) is 0 Å². The van der Waals surface area contributed by atoms with Crippen molar-refractivity contribution in [3.8, 4) is 5.88 Å². The number of ether oxygens (including phenoxy) is 1. The summed E-state index contributed by atoms with van der Waals surface area (Å²) in [5.74, 6) is 1.16. The molecule has 2 heterocycles. The van der Waals surface area contributed by atoms with Crippen LogP contribution >= 0.6 is 24.0 Å². The Labute approximate surface area is 187 Å². The molecule has 0 aromatic carbocycles. The summed E-state index contributed by atoms with van der Waals surface area (Å²) < 4.78 is 43.4. The molecule has 2 N–H and O–H groups in total. The van der Waals surface area contributed by atoms with Crippen LogP contribution in [-0.4, -0.2) is 60.8 Å². The predicted octanol–water partition coefficient (Wildman–Crippen LogP) is 3.57. The Balaban J connectivity index is 0.00000420. The third-order valence-corrected chi connectivity index (χ3v) is 4.35. The normalized spacial score (nSPS) is 17.7. The summed E-state index contributed by atoms with van der Waals surface area (Å²) in [6.07, 6.45) is 0.174. The van der Waals surface area contributed by atoms with E-state index in [4.69, 9.17) is 4.74 Å². The highest BCUT2D eigenvalue weighted by Gasteiger charge is 2.34. The van der Waals surface area contributed by atoms with Crippen molar-refractivity contribution >= 4 is 29.9 Å². The van der Waals surface area contributed by atoms with Crippen LogP contribution < -0.4 is 15.4 Å². The lowest BCUT2D eigenvalue weighted by Gasteiger charge is -2.19. The van der Waals surface area contributed by atoms with E-state index in [1.54, 1.807) is 6.20 Å². The fourth-order valence-electron chi connectivity index (χ4n) is 3.01. The maximum absolute atomic E-state index is 12.6. The molecule has 1 aromatic rings. The van der Waals surface area contributed by atoms with Crippen molar-refractivity contribution in [1.82, 2.24) is 20.5 Å². The molecular formula is C19H31F3IN5O.